The van der Waals surface area contributed by atoms with Gasteiger partial charge in [0.15, 0.2) is 0 Å². The second-order valence-corrected chi connectivity index (χ2v) is 6.33. The van der Waals surface area contributed by atoms with Gasteiger partial charge in [0.2, 0.25) is 0 Å². The van der Waals surface area contributed by atoms with Crippen molar-refractivity contribution >= 4 is 11.8 Å². The van der Waals surface area contributed by atoms with E-state index in [9.17, 15) is 9.90 Å². The molecule has 1 saturated carbocycles. The number of carboxylic acid groups (broad SMARTS) is 1. The Balaban J connectivity index is 2.23. The highest BCUT2D eigenvalue weighted by molar-refractivity contribution is 5.88. The van der Waals surface area contributed by atoms with Crippen LogP contribution in [0, 0.1) is 5.92 Å². The number of carbonyl (C=O) groups is 1. The van der Waals surface area contributed by atoms with Crippen LogP contribution in [0.3, 0.4) is 0 Å². The zero-order valence-corrected chi connectivity index (χ0v) is 13.2. The van der Waals surface area contributed by atoms with Gasteiger partial charge in [0.25, 0.3) is 0 Å². The Hall–Kier alpha value is -1.58. The fraction of sp³-hybridized carbons (Fsp3) is 0.647. The van der Waals surface area contributed by atoms with Gasteiger partial charge in [0, 0.05) is 11.7 Å². The maximum absolute atomic E-state index is 11.3. The molecule has 1 heterocycles. The lowest BCUT2D eigenvalue weighted by atomic mass is 9.83. The predicted octanol–water partition coefficient (Wildman–Crippen LogP) is 4.28. The van der Waals surface area contributed by atoms with Crippen molar-refractivity contribution in [3.63, 3.8) is 0 Å². The molecule has 0 saturated heterocycles. The van der Waals surface area contributed by atoms with Crippen LogP contribution in [0.15, 0.2) is 12.1 Å². The second-order valence-electron chi connectivity index (χ2n) is 6.33. The van der Waals surface area contributed by atoms with Crippen LogP contribution in [0.5, 0.6) is 0 Å². The smallest absolute Gasteiger partial charge is 0.335 e. The third kappa shape index (κ3) is 3.96. The first-order valence-electron chi connectivity index (χ1n) is 8.03. The summed E-state index contributed by atoms with van der Waals surface area (Å²) in [6.45, 7) is 6.30. The van der Waals surface area contributed by atoms with Crippen LogP contribution in [0.25, 0.3) is 0 Å². The van der Waals surface area contributed by atoms with E-state index in [1.807, 2.05) is 13.8 Å². The van der Waals surface area contributed by atoms with Crippen LogP contribution in [0.4, 0.5) is 5.82 Å². The number of nitrogens with zero attached hydrogens (tertiary/aromatic N) is 1. The lowest BCUT2D eigenvalue weighted by molar-refractivity contribution is 0.0696. The largest absolute Gasteiger partial charge is 0.478 e. The Kier molecular flexibility index (Phi) is 5.21. The van der Waals surface area contributed by atoms with E-state index in [0.717, 1.165) is 18.5 Å². The molecule has 0 radical (unpaired) electrons. The minimum atomic E-state index is -0.891. The van der Waals surface area contributed by atoms with Gasteiger partial charge in [0.05, 0.1) is 5.56 Å². The molecular formula is C17H26N2O2. The van der Waals surface area contributed by atoms with Crippen LogP contribution in [-0.4, -0.2) is 22.1 Å². The number of pyridine rings is 1. The molecule has 2 N–H and O–H groups in total. The van der Waals surface area contributed by atoms with Crippen molar-refractivity contribution in [2.75, 3.05) is 5.32 Å². The normalized spacial score (nSPS) is 22.3. The third-order valence-corrected chi connectivity index (χ3v) is 4.45. The van der Waals surface area contributed by atoms with E-state index < -0.39 is 5.97 Å². The number of nitrogens with one attached hydrogen (secondary N) is 1. The number of hydrogen-bond acceptors (Lipinski definition) is 3. The Bertz CT molecular complexity index is 500. The molecule has 21 heavy (non-hydrogen) atoms. The Morgan fingerprint density at radius 1 is 1.38 bits per heavy atom. The summed E-state index contributed by atoms with van der Waals surface area (Å²) in [7, 11) is 0. The summed E-state index contributed by atoms with van der Waals surface area (Å²) >= 11 is 0. The molecule has 4 heteroatoms. The van der Waals surface area contributed by atoms with Crippen molar-refractivity contribution in [1.82, 2.24) is 4.98 Å². The average molecular weight is 290 g/mol. The highest BCUT2D eigenvalue weighted by Gasteiger charge is 2.24. The van der Waals surface area contributed by atoms with Gasteiger partial charge in [-0.05, 0) is 36.8 Å². The van der Waals surface area contributed by atoms with E-state index in [4.69, 9.17) is 0 Å². The van der Waals surface area contributed by atoms with Crippen LogP contribution in [0.1, 0.15) is 74.8 Å². The zero-order chi connectivity index (χ0) is 15.4. The van der Waals surface area contributed by atoms with E-state index in [2.05, 4.69) is 17.2 Å². The molecule has 0 amide bonds. The molecule has 2 rings (SSSR count). The van der Waals surface area contributed by atoms with Gasteiger partial charge in [-0.1, -0.05) is 40.0 Å². The van der Waals surface area contributed by atoms with Gasteiger partial charge in [-0.15, -0.1) is 0 Å². The number of aromatic nitrogens is 1. The number of hydrogen-bond donors (Lipinski definition) is 2. The van der Waals surface area contributed by atoms with Gasteiger partial charge < -0.3 is 10.4 Å². The van der Waals surface area contributed by atoms with Gasteiger partial charge >= 0.3 is 5.97 Å². The molecular weight excluding hydrogens is 264 g/mol. The first-order valence-corrected chi connectivity index (χ1v) is 8.03. The highest BCUT2D eigenvalue weighted by atomic mass is 16.4. The molecule has 1 aromatic rings. The van der Waals surface area contributed by atoms with Crippen molar-refractivity contribution in [1.29, 1.82) is 0 Å². The van der Waals surface area contributed by atoms with Crippen LogP contribution < -0.4 is 5.32 Å². The monoisotopic (exact) mass is 290 g/mol. The molecule has 4 nitrogen and oxygen atoms in total. The fourth-order valence-electron chi connectivity index (χ4n) is 3.12. The summed E-state index contributed by atoms with van der Waals surface area (Å²) in [5.74, 6) is 0.705. The summed E-state index contributed by atoms with van der Waals surface area (Å²) in [4.78, 5) is 15.9. The maximum Gasteiger partial charge on any atom is 0.335 e. The minimum absolute atomic E-state index is 0.221. The molecule has 1 fully saturated rings. The molecule has 2 unspecified atom stereocenters. The van der Waals surface area contributed by atoms with Gasteiger partial charge in [0.1, 0.15) is 5.82 Å². The summed E-state index contributed by atoms with van der Waals surface area (Å²) in [6, 6.07) is 3.76. The first-order chi connectivity index (χ1) is 10.0. The predicted molar refractivity (Wildman–Crippen MR) is 84.9 cm³/mol. The number of anilines is 1. The SMILES string of the molecule is CCC1CCCCC1Nc1cc(C(=O)O)cc(C(C)C)n1. The lowest BCUT2D eigenvalue weighted by Crippen LogP contribution is -2.32. The van der Waals surface area contributed by atoms with Crippen LogP contribution >= 0.6 is 0 Å². The van der Waals surface area contributed by atoms with E-state index in [0.29, 0.717) is 23.3 Å². The number of carboxylic acids is 1. The molecule has 0 aromatic carbocycles. The quantitative estimate of drug-likeness (QED) is 0.849. The maximum atomic E-state index is 11.3. The van der Waals surface area contributed by atoms with E-state index >= 15 is 0 Å². The molecule has 0 spiro atoms. The third-order valence-electron chi connectivity index (χ3n) is 4.45. The summed E-state index contributed by atoms with van der Waals surface area (Å²) < 4.78 is 0. The number of rotatable bonds is 5. The average Bonchev–Trinajstić information content (AvgIpc) is 2.47. The van der Waals surface area contributed by atoms with Crippen molar-refractivity contribution < 1.29 is 9.90 Å². The molecule has 1 aromatic heterocycles. The Morgan fingerprint density at radius 2 is 2.10 bits per heavy atom. The van der Waals surface area contributed by atoms with Crippen molar-refractivity contribution in [2.24, 2.45) is 5.92 Å². The standard InChI is InChI=1S/C17H26N2O2/c1-4-12-7-5-6-8-14(12)18-16-10-13(17(20)21)9-15(19-16)11(2)3/h9-12,14H,4-8H2,1-3H3,(H,18,19)(H,20,21). The Morgan fingerprint density at radius 3 is 2.71 bits per heavy atom. The lowest BCUT2D eigenvalue weighted by Gasteiger charge is -2.32. The van der Waals surface area contributed by atoms with Crippen molar-refractivity contribution in [3.8, 4) is 0 Å². The van der Waals surface area contributed by atoms with E-state index in [-0.39, 0.29) is 5.92 Å². The van der Waals surface area contributed by atoms with Gasteiger partial charge in [-0.3, -0.25) is 0 Å². The van der Waals surface area contributed by atoms with Crippen LogP contribution in [0.2, 0.25) is 0 Å². The number of aromatic carboxylic acids is 1. The van der Waals surface area contributed by atoms with Crippen molar-refractivity contribution in [2.45, 2.75) is 64.8 Å². The van der Waals surface area contributed by atoms with Crippen molar-refractivity contribution in [3.05, 3.63) is 23.4 Å². The molecule has 1 aliphatic carbocycles. The fourth-order valence-corrected chi connectivity index (χ4v) is 3.12. The molecule has 0 aliphatic heterocycles. The van der Waals surface area contributed by atoms with Crippen LogP contribution in [-0.2, 0) is 0 Å². The second kappa shape index (κ2) is 6.92. The summed E-state index contributed by atoms with van der Waals surface area (Å²) in [5, 5.41) is 12.8. The molecule has 1 aliphatic rings. The minimum Gasteiger partial charge on any atom is -0.478 e. The Labute approximate surface area is 127 Å². The highest BCUT2D eigenvalue weighted by Crippen LogP contribution is 2.29. The first kappa shape index (κ1) is 15.8. The topological polar surface area (TPSA) is 62.2 Å². The molecule has 116 valence electrons. The molecule has 2 atom stereocenters. The van der Waals surface area contributed by atoms with Gasteiger partial charge in [-0.25, -0.2) is 9.78 Å². The summed E-state index contributed by atoms with van der Waals surface area (Å²) in [6.07, 6.45) is 6.10. The summed E-state index contributed by atoms with van der Waals surface area (Å²) in [5.41, 5.74) is 1.15. The molecule has 0 bridgehead atoms. The zero-order valence-electron chi connectivity index (χ0n) is 13.2. The van der Waals surface area contributed by atoms with E-state index in [1.54, 1.807) is 12.1 Å². The van der Waals surface area contributed by atoms with E-state index in [1.165, 1.54) is 19.3 Å². The van der Waals surface area contributed by atoms with Gasteiger partial charge in [-0.2, -0.15) is 0 Å².